The number of carbonyl (C=O) groups is 1. The second-order valence-electron chi connectivity index (χ2n) is 7.31. The summed E-state index contributed by atoms with van der Waals surface area (Å²) in [7, 11) is 1.94. The number of nitrogens with zero attached hydrogens (tertiary/aromatic N) is 3. The summed E-state index contributed by atoms with van der Waals surface area (Å²) in [6, 6.07) is 26.4. The molecule has 0 aliphatic carbocycles. The summed E-state index contributed by atoms with van der Waals surface area (Å²) in [5.74, 6) is 1.80. The molecule has 5 nitrogen and oxygen atoms in total. The zero-order valence-electron chi connectivity index (χ0n) is 18.4. The van der Waals surface area contributed by atoms with E-state index in [0.717, 1.165) is 32.2 Å². The summed E-state index contributed by atoms with van der Waals surface area (Å²) >= 11 is 4.74. The molecule has 0 spiro atoms. The number of anilines is 1. The van der Waals surface area contributed by atoms with Crippen molar-refractivity contribution < 1.29 is 4.79 Å². The first-order valence-corrected chi connectivity index (χ1v) is 13.2. The van der Waals surface area contributed by atoms with Crippen LogP contribution in [0.3, 0.4) is 0 Å². The van der Waals surface area contributed by atoms with E-state index in [9.17, 15) is 4.79 Å². The predicted molar refractivity (Wildman–Crippen MR) is 138 cm³/mol. The van der Waals surface area contributed by atoms with Gasteiger partial charge in [-0.25, -0.2) is 0 Å². The van der Waals surface area contributed by atoms with Gasteiger partial charge in [0.05, 0.1) is 17.2 Å². The van der Waals surface area contributed by atoms with Gasteiger partial charge in [-0.1, -0.05) is 71.6 Å². The van der Waals surface area contributed by atoms with Crippen molar-refractivity contribution in [3.05, 3.63) is 90.3 Å². The number of hydrogen-bond acceptors (Lipinski definition) is 6. The lowest BCUT2D eigenvalue weighted by atomic mass is 10.2. The van der Waals surface area contributed by atoms with E-state index in [0.29, 0.717) is 0 Å². The van der Waals surface area contributed by atoms with E-state index >= 15 is 0 Å². The minimum absolute atomic E-state index is 0.0697. The highest BCUT2D eigenvalue weighted by atomic mass is 32.2. The molecule has 0 atom stereocenters. The van der Waals surface area contributed by atoms with Gasteiger partial charge in [-0.2, -0.15) is 0 Å². The normalized spacial score (nSPS) is 10.8. The van der Waals surface area contributed by atoms with Crippen LogP contribution in [0.25, 0.3) is 0 Å². The second kappa shape index (κ2) is 11.4. The molecule has 1 aromatic heterocycles. The second-order valence-corrected chi connectivity index (χ2v) is 10.4. The average Bonchev–Trinajstić information content (AvgIpc) is 3.18. The van der Waals surface area contributed by atoms with Crippen molar-refractivity contribution in [2.24, 2.45) is 7.05 Å². The molecule has 0 saturated carbocycles. The van der Waals surface area contributed by atoms with Crippen LogP contribution in [0.15, 0.2) is 98.7 Å². The molecule has 0 fully saturated rings. The third-order valence-electron chi connectivity index (χ3n) is 4.78. The van der Waals surface area contributed by atoms with Crippen LogP contribution in [-0.2, 0) is 17.6 Å². The highest BCUT2D eigenvalue weighted by Gasteiger charge is 2.13. The summed E-state index contributed by atoms with van der Waals surface area (Å²) in [6.07, 6.45) is 0. The van der Waals surface area contributed by atoms with Crippen LogP contribution in [0, 0.1) is 6.92 Å². The van der Waals surface area contributed by atoms with E-state index in [-0.39, 0.29) is 11.7 Å². The largest absolute Gasteiger partial charge is 0.324 e. The van der Waals surface area contributed by atoms with Crippen molar-refractivity contribution in [3.8, 4) is 0 Å². The fourth-order valence-electron chi connectivity index (χ4n) is 2.97. The van der Waals surface area contributed by atoms with Crippen molar-refractivity contribution in [2.45, 2.75) is 32.5 Å². The number of amides is 1. The molecular weight excluding hydrogens is 469 g/mol. The zero-order valence-corrected chi connectivity index (χ0v) is 20.8. The van der Waals surface area contributed by atoms with E-state index in [1.54, 1.807) is 23.5 Å². The van der Waals surface area contributed by atoms with E-state index < -0.39 is 0 Å². The van der Waals surface area contributed by atoms with Gasteiger partial charge in [-0.15, -0.1) is 22.0 Å². The standard InChI is InChI=1S/C25H24N4OS3/c1-18-12-14-19(15-13-18)31-16-23-27-28-25(29(23)2)32-17-24(30)26-21-10-6-7-11-22(21)33-20-8-4-3-5-9-20/h3-15H,16-17H2,1-2H3,(H,26,30). The zero-order chi connectivity index (χ0) is 23.0. The lowest BCUT2D eigenvalue weighted by molar-refractivity contribution is -0.113. The molecule has 0 bridgehead atoms. The lowest BCUT2D eigenvalue weighted by Crippen LogP contribution is -2.15. The van der Waals surface area contributed by atoms with Gasteiger partial charge in [0.25, 0.3) is 0 Å². The van der Waals surface area contributed by atoms with Gasteiger partial charge in [0.2, 0.25) is 5.91 Å². The Morgan fingerprint density at radius 1 is 0.879 bits per heavy atom. The molecule has 0 aliphatic heterocycles. The maximum atomic E-state index is 12.6. The number of carbonyl (C=O) groups excluding carboxylic acids is 1. The first-order chi connectivity index (χ1) is 16.1. The van der Waals surface area contributed by atoms with Gasteiger partial charge >= 0.3 is 0 Å². The van der Waals surface area contributed by atoms with Crippen molar-refractivity contribution in [1.82, 2.24) is 14.8 Å². The summed E-state index contributed by atoms with van der Waals surface area (Å²) < 4.78 is 1.96. The first-order valence-electron chi connectivity index (χ1n) is 10.4. The molecule has 3 aromatic carbocycles. The van der Waals surface area contributed by atoms with Crippen LogP contribution in [0.1, 0.15) is 11.4 Å². The molecular formula is C25H24N4OS3. The van der Waals surface area contributed by atoms with Gasteiger partial charge in [0, 0.05) is 21.7 Å². The minimum Gasteiger partial charge on any atom is -0.324 e. The van der Waals surface area contributed by atoms with E-state index in [1.165, 1.54) is 22.2 Å². The number of aromatic nitrogens is 3. The Kier molecular flexibility index (Phi) is 8.15. The van der Waals surface area contributed by atoms with Crippen LogP contribution in [0.4, 0.5) is 5.69 Å². The van der Waals surface area contributed by atoms with Crippen molar-refractivity contribution >= 4 is 46.9 Å². The molecule has 0 saturated heterocycles. The van der Waals surface area contributed by atoms with Crippen molar-refractivity contribution in [1.29, 1.82) is 0 Å². The molecule has 0 radical (unpaired) electrons. The Hall–Kier alpha value is -2.68. The van der Waals surface area contributed by atoms with Crippen LogP contribution in [-0.4, -0.2) is 26.4 Å². The Labute approximate surface area is 206 Å². The fraction of sp³-hybridized carbons (Fsp3) is 0.160. The number of rotatable bonds is 9. The predicted octanol–water partition coefficient (Wildman–Crippen LogP) is 6.30. The summed E-state index contributed by atoms with van der Waals surface area (Å²) in [5.41, 5.74) is 2.06. The molecule has 1 amide bonds. The third kappa shape index (κ3) is 6.66. The summed E-state index contributed by atoms with van der Waals surface area (Å²) in [4.78, 5) is 16.0. The van der Waals surface area contributed by atoms with Crippen LogP contribution < -0.4 is 5.32 Å². The molecule has 1 N–H and O–H groups in total. The van der Waals surface area contributed by atoms with Gasteiger partial charge in [-0.05, 0) is 43.3 Å². The molecule has 33 heavy (non-hydrogen) atoms. The third-order valence-corrected chi connectivity index (χ3v) is 7.89. The maximum Gasteiger partial charge on any atom is 0.234 e. The Bertz CT molecular complexity index is 1210. The van der Waals surface area contributed by atoms with Crippen LogP contribution >= 0.6 is 35.3 Å². The van der Waals surface area contributed by atoms with Gasteiger partial charge in [0.1, 0.15) is 5.82 Å². The highest BCUT2D eigenvalue weighted by Crippen LogP contribution is 2.33. The summed E-state index contributed by atoms with van der Waals surface area (Å²) in [6.45, 7) is 2.08. The van der Waals surface area contributed by atoms with E-state index in [1.807, 2.05) is 54.1 Å². The number of para-hydroxylation sites is 1. The lowest BCUT2D eigenvalue weighted by Gasteiger charge is -2.10. The van der Waals surface area contributed by atoms with Gasteiger partial charge in [-0.3, -0.25) is 4.79 Å². The quantitative estimate of drug-likeness (QED) is 0.277. The molecule has 0 aliphatic rings. The smallest absolute Gasteiger partial charge is 0.234 e. The Balaban J connectivity index is 1.32. The number of nitrogens with one attached hydrogen (secondary N) is 1. The highest BCUT2D eigenvalue weighted by molar-refractivity contribution is 8.00. The topological polar surface area (TPSA) is 59.8 Å². The molecule has 1 heterocycles. The SMILES string of the molecule is Cc1ccc(SCc2nnc(SCC(=O)Nc3ccccc3Sc3ccccc3)n2C)cc1. The minimum atomic E-state index is -0.0697. The number of aryl methyl sites for hydroxylation is 1. The summed E-state index contributed by atoms with van der Waals surface area (Å²) in [5, 5.41) is 12.3. The van der Waals surface area contributed by atoms with Gasteiger partial charge < -0.3 is 9.88 Å². The van der Waals surface area contributed by atoms with Crippen LogP contribution in [0.5, 0.6) is 0 Å². The van der Waals surface area contributed by atoms with Crippen molar-refractivity contribution in [2.75, 3.05) is 11.1 Å². The maximum absolute atomic E-state index is 12.6. The Morgan fingerprint density at radius 3 is 2.39 bits per heavy atom. The molecule has 0 unspecified atom stereocenters. The van der Waals surface area contributed by atoms with E-state index in [4.69, 9.17) is 0 Å². The number of benzene rings is 3. The Morgan fingerprint density at radius 2 is 1.61 bits per heavy atom. The molecule has 4 aromatic rings. The molecule has 168 valence electrons. The number of thioether (sulfide) groups is 2. The monoisotopic (exact) mass is 492 g/mol. The van der Waals surface area contributed by atoms with Crippen molar-refractivity contribution in [3.63, 3.8) is 0 Å². The molecule has 4 rings (SSSR count). The van der Waals surface area contributed by atoms with E-state index in [2.05, 4.69) is 58.8 Å². The van der Waals surface area contributed by atoms with Gasteiger partial charge in [0.15, 0.2) is 5.16 Å². The fourth-order valence-corrected chi connectivity index (χ4v) is 5.50. The first kappa shape index (κ1) is 23.5. The van der Waals surface area contributed by atoms with Crippen LogP contribution in [0.2, 0.25) is 0 Å². The average molecular weight is 493 g/mol. The molecule has 8 heteroatoms. The number of hydrogen-bond donors (Lipinski definition) is 1.